The van der Waals surface area contributed by atoms with E-state index in [9.17, 15) is 14.4 Å². The molecule has 0 aliphatic carbocycles. The Hall–Kier alpha value is -4.19. The van der Waals surface area contributed by atoms with E-state index in [2.05, 4.69) is 35.8 Å². The number of rotatable bonds is 12. The summed E-state index contributed by atoms with van der Waals surface area (Å²) < 4.78 is 1.38. The van der Waals surface area contributed by atoms with Crippen LogP contribution in [0.25, 0.3) is 0 Å². The molecule has 0 radical (unpaired) electrons. The molecular formula is C23H28N8O4. The fraction of sp³-hybridized carbons (Fsp3) is 0.348. The maximum absolute atomic E-state index is 12.3. The summed E-state index contributed by atoms with van der Waals surface area (Å²) >= 11 is 0. The Kier molecular flexibility index (Phi) is 8.95. The average molecular weight is 481 g/mol. The molecule has 3 N–H and O–H groups in total. The number of carboxylic acid groups (broad SMARTS) is 1. The maximum atomic E-state index is 12.3. The van der Waals surface area contributed by atoms with Crippen LogP contribution in [0.1, 0.15) is 30.9 Å². The molecule has 0 aliphatic heterocycles. The van der Waals surface area contributed by atoms with Gasteiger partial charge >= 0.3 is 5.97 Å². The fourth-order valence-electron chi connectivity index (χ4n) is 3.23. The highest BCUT2D eigenvalue weighted by molar-refractivity contribution is 5.89. The molecule has 3 rings (SSSR count). The number of pyridine rings is 2. The zero-order valence-corrected chi connectivity index (χ0v) is 19.5. The van der Waals surface area contributed by atoms with Gasteiger partial charge < -0.3 is 15.7 Å². The Morgan fingerprint density at radius 3 is 2.06 bits per heavy atom. The van der Waals surface area contributed by atoms with Gasteiger partial charge in [0.15, 0.2) is 0 Å². The van der Waals surface area contributed by atoms with Crippen LogP contribution in [0.4, 0.5) is 0 Å². The second-order valence-electron chi connectivity index (χ2n) is 8.05. The van der Waals surface area contributed by atoms with E-state index in [0.717, 1.165) is 11.4 Å². The van der Waals surface area contributed by atoms with Crippen molar-refractivity contribution in [2.24, 2.45) is 0 Å². The van der Waals surface area contributed by atoms with Crippen molar-refractivity contribution in [1.82, 2.24) is 40.5 Å². The largest absolute Gasteiger partial charge is 0.480 e. The lowest BCUT2D eigenvalue weighted by Gasteiger charge is -2.20. The zero-order chi connectivity index (χ0) is 25.2. The van der Waals surface area contributed by atoms with E-state index < -0.39 is 29.9 Å². The minimum Gasteiger partial charge on any atom is -0.480 e. The molecule has 0 saturated heterocycles. The molecule has 3 aromatic heterocycles. The average Bonchev–Trinajstić information content (AvgIpc) is 3.26. The Morgan fingerprint density at radius 2 is 1.51 bits per heavy atom. The van der Waals surface area contributed by atoms with Gasteiger partial charge in [-0.3, -0.25) is 29.3 Å². The standard InChI is InChI=1S/C23H28N8O4/c1-16(22(33)27-17(2)23(34)35)26-21(32)15-31-14-20(28-29-31)13-30(11-18-7-3-5-9-24-18)12-19-8-4-6-10-25-19/h3-10,14,16-17H,11-13,15H2,1-2H3,(H,26,32)(H,27,33)(H,34,35)/t16-,17?/m1/s1. The van der Waals surface area contributed by atoms with E-state index >= 15 is 0 Å². The molecule has 2 amide bonds. The lowest BCUT2D eigenvalue weighted by Crippen LogP contribution is -2.49. The molecule has 0 saturated carbocycles. The number of aliphatic carboxylic acids is 1. The van der Waals surface area contributed by atoms with Crippen molar-refractivity contribution < 1.29 is 19.5 Å². The second-order valence-corrected chi connectivity index (χ2v) is 8.05. The predicted molar refractivity (Wildman–Crippen MR) is 124 cm³/mol. The van der Waals surface area contributed by atoms with E-state index in [1.807, 2.05) is 36.4 Å². The summed E-state index contributed by atoms with van der Waals surface area (Å²) in [7, 11) is 0. The minimum atomic E-state index is -1.16. The van der Waals surface area contributed by atoms with Gasteiger partial charge in [0.1, 0.15) is 18.6 Å². The van der Waals surface area contributed by atoms with Crippen LogP contribution in [-0.2, 0) is 40.6 Å². The number of carbonyl (C=O) groups excluding carboxylic acids is 2. The summed E-state index contributed by atoms with van der Waals surface area (Å²) in [5.41, 5.74) is 2.46. The van der Waals surface area contributed by atoms with Gasteiger partial charge in [0.25, 0.3) is 0 Å². The van der Waals surface area contributed by atoms with Crippen LogP contribution in [-0.4, -0.2) is 64.8 Å². The van der Waals surface area contributed by atoms with Gasteiger partial charge in [-0.1, -0.05) is 17.3 Å². The lowest BCUT2D eigenvalue weighted by molar-refractivity contribution is -0.141. The van der Waals surface area contributed by atoms with Crippen molar-refractivity contribution in [1.29, 1.82) is 0 Å². The smallest absolute Gasteiger partial charge is 0.325 e. The van der Waals surface area contributed by atoms with E-state index in [0.29, 0.717) is 25.3 Å². The van der Waals surface area contributed by atoms with Gasteiger partial charge in [-0.2, -0.15) is 0 Å². The van der Waals surface area contributed by atoms with Crippen LogP contribution < -0.4 is 10.6 Å². The quantitative estimate of drug-likeness (QED) is 0.333. The highest BCUT2D eigenvalue weighted by Crippen LogP contribution is 2.10. The fourth-order valence-corrected chi connectivity index (χ4v) is 3.23. The van der Waals surface area contributed by atoms with Gasteiger partial charge in [-0.05, 0) is 38.1 Å². The number of carboxylic acids is 1. The molecule has 184 valence electrons. The van der Waals surface area contributed by atoms with E-state index in [1.165, 1.54) is 18.5 Å². The van der Waals surface area contributed by atoms with Crippen molar-refractivity contribution in [3.8, 4) is 0 Å². The molecule has 1 unspecified atom stereocenters. The Morgan fingerprint density at radius 1 is 0.914 bits per heavy atom. The van der Waals surface area contributed by atoms with E-state index in [4.69, 9.17) is 5.11 Å². The molecule has 35 heavy (non-hydrogen) atoms. The number of nitrogens with one attached hydrogen (secondary N) is 2. The molecule has 12 nitrogen and oxygen atoms in total. The topological polar surface area (TPSA) is 155 Å². The first-order chi connectivity index (χ1) is 16.8. The lowest BCUT2D eigenvalue weighted by atomic mass is 10.2. The molecule has 0 spiro atoms. The molecular weight excluding hydrogens is 452 g/mol. The third-order valence-electron chi connectivity index (χ3n) is 5.00. The highest BCUT2D eigenvalue weighted by Gasteiger charge is 2.21. The summed E-state index contributed by atoms with van der Waals surface area (Å²) in [6.07, 6.45) is 5.15. The minimum absolute atomic E-state index is 0.139. The summed E-state index contributed by atoms with van der Waals surface area (Å²) in [6, 6.07) is 9.52. The first-order valence-electron chi connectivity index (χ1n) is 11.0. The van der Waals surface area contributed by atoms with E-state index in [-0.39, 0.29) is 6.54 Å². The van der Waals surface area contributed by atoms with Crippen molar-refractivity contribution in [2.75, 3.05) is 0 Å². The first kappa shape index (κ1) is 25.4. The van der Waals surface area contributed by atoms with Crippen molar-refractivity contribution >= 4 is 17.8 Å². The van der Waals surface area contributed by atoms with Crippen LogP contribution in [0.3, 0.4) is 0 Å². The number of hydrogen-bond acceptors (Lipinski definition) is 8. The number of amides is 2. The van der Waals surface area contributed by atoms with Gasteiger partial charge in [0, 0.05) is 32.0 Å². The van der Waals surface area contributed by atoms with Crippen LogP contribution in [0.5, 0.6) is 0 Å². The molecule has 0 aromatic carbocycles. The van der Waals surface area contributed by atoms with Gasteiger partial charge in [0.05, 0.1) is 23.3 Å². The Balaban J connectivity index is 1.58. The summed E-state index contributed by atoms with van der Waals surface area (Å²) in [6.45, 7) is 4.29. The summed E-state index contributed by atoms with van der Waals surface area (Å²) in [5.74, 6) is -2.20. The van der Waals surface area contributed by atoms with Crippen LogP contribution in [0, 0.1) is 0 Å². The molecule has 12 heteroatoms. The predicted octanol–water partition coefficient (Wildman–Crippen LogP) is 0.365. The van der Waals surface area contributed by atoms with Gasteiger partial charge in [0.2, 0.25) is 11.8 Å². The monoisotopic (exact) mass is 480 g/mol. The third-order valence-corrected chi connectivity index (χ3v) is 5.00. The molecule has 0 aliphatic rings. The molecule has 2 atom stereocenters. The van der Waals surface area contributed by atoms with Crippen LogP contribution in [0.15, 0.2) is 55.0 Å². The molecule has 3 heterocycles. The van der Waals surface area contributed by atoms with Gasteiger partial charge in [-0.15, -0.1) is 5.10 Å². The van der Waals surface area contributed by atoms with Crippen molar-refractivity contribution in [3.05, 3.63) is 72.1 Å². The summed E-state index contributed by atoms with van der Waals surface area (Å²) in [5, 5.41) is 21.9. The van der Waals surface area contributed by atoms with Crippen molar-refractivity contribution in [2.45, 2.75) is 52.1 Å². The van der Waals surface area contributed by atoms with E-state index in [1.54, 1.807) is 18.6 Å². The second kappa shape index (κ2) is 12.3. The Labute approximate surface area is 202 Å². The number of nitrogens with zero attached hydrogens (tertiary/aromatic N) is 6. The number of hydrogen-bond donors (Lipinski definition) is 3. The number of aromatic nitrogens is 5. The number of carbonyl (C=O) groups is 3. The molecule has 0 bridgehead atoms. The first-order valence-corrected chi connectivity index (χ1v) is 11.0. The normalized spacial score (nSPS) is 12.7. The van der Waals surface area contributed by atoms with Gasteiger partial charge in [-0.25, -0.2) is 4.68 Å². The zero-order valence-electron chi connectivity index (χ0n) is 19.5. The molecule has 0 fully saturated rings. The SMILES string of the molecule is CC(NC(=O)[C@@H](C)NC(=O)Cn1cc(CN(Cc2ccccn2)Cc2ccccn2)nn1)C(=O)O. The van der Waals surface area contributed by atoms with Crippen molar-refractivity contribution in [3.63, 3.8) is 0 Å². The Bertz CT molecular complexity index is 1080. The van der Waals surface area contributed by atoms with Crippen LogP contribution in [0.2, 0.25) is 0 Å². The third kappa shape index (κ3) is 8.27. The molecule has 3 aromatic rings. The highest BCUT2D eigenvalue weighted by atomic mass is 16.4. The summed E-state index contributed by atoms with van der Waals surface area (Å²) in [4.78, 5) is 46.2. The van der Waals surface area contributed by atoms with Crippen LogP contribution >= 0.6 is 0 Å². The maximum Gasteiger partial charge on any atom is 0.325 e.